The van der Waals surface area contributed by atoms with Gasteiger partial charge in [0.1, 0.15) is 0 Å². The van der Waals surface area contributed by atoms with Crippen LogP contribution in [0.4, 0.5) is 0 Å². The summed E-state index contributed by atoms with van der Waals surface area (Å²) in [4.78, 5) is 11.7. The molecule has 1 rings (SSSR count). The molecule has 0 saturated carbocycles. The summed E-state index contributed by atoms with van der Waals surface area (Å²) in [6.45, 7) is 5.50. The average Bonchev–Trinajstić information content (AvgIpc) is 2.55. The lowest BCUT2D eigenvalue weighted by atomic mass is 10.1. The number of carbonyl (C=O) groups excluding carboxylic acids is 1. The van der Waals surface area contributed by atoms with E-state index in [1.165, 1.54) is 50.5 Å². The number of nitrogens with zero attached hydrogens (tertiary/aromatic N) is 1. The zero-order chi connectivity index (χ0) is 16.8. The van der Waals surface area contributed by atoms with Crippen molar-refractivity contribution in [3.8, 4) is 0 Å². The Morgan fingerprint density at radius 1 is 0.957 bits per heavy atom. The van der Waals surface area contributed by atoms with Gasteiger partial charge in [-0.05, 0) is 18.9 Å². The molecule has 1 heterocycles. The summed E-state index contributed by atoms with van der Waals surface area (Å²) in [5.41, 5.74) is 1.24. The first kappa shape index (κ1) is 19.7. The summed E-state index contributed by atoms with van der Waals surface area (Å²) in [6.07, 6.45) is 16.0. The van der Waals surface area contributed by atoms with Crippen LogP contribution in [0.2, 0.25) is 0 Å². The quantitative estimate of drug-likeness (QED) is 0.298. The number of rotatable bonds is 13. The molecule has 0 spiro atoms. The highest BCUT2D eigenvalue weighted by Crippen LogP contribution is 2.10. The molecule has 0 atom stereocenters. The molecule has 0 bridgehead atoms. The van der Waals surface area contributed by atoms with Gasteiger partial charge >= 0.3 is 5.97 Å². The van der Waals surface area contributed by atoms with E-state index in [0.29, 0.717) is 13.0 Å². The SMILES string of the molecule is CCCCCCCCCCCC(=O)OCC[n+]1ccc(C)cc1. The van der Waals surface area contributed by atoms with E-state index in [1.807, 2.05) is 17.0 Å². The lowest BCUT2D eigenvalue weighted by molar-refractivity contribution is -0.698. The van der Waals surface area contributed by atoms with Crippen LogP contribution >= 0.6 is 0 Å². The monoisotopic (exact) mass is 320 g/mol. The van der Waals surface area contributed by atoms with Crippen LogP contribution in [0.5, 0.6) is 0 Å². The van der Waals surface area contributed by atoms with Gasteiger partial charge in [0.25, 0.3) is 0 Å². The summed E-state index contributed by atoms with van der Waals surface area (Å²) >= 11 is 0. The maximum Gasteiger partial charge on any atom is 0.306 e. The van der Waals surface area contributed by atoms with Crippen molar-refractivity contribution in [1.29, 1.82) is 0 Å². The fourth-order valence-corrected chi connectivity index (χ4v) is 2.60. The van der Waals surface area contributed by atoms with Gasteiger partial charge in [-0.2, -0.15) is 0 Å². The molecule has 0 aromatic carbocycles. The van der Waals surface area contributed by atoms with E-state index in [1.54, 1.807) is 0 Å². The molecule has 0 unspecified atom stereocenters. The summed E-state index contributed by atoms with van der Waals surface area (Å²) in [5, 5.41) is 0. The van der Waals surface area contributed by atoms with Crippen molar-refractivity contribution in [1.82, 2.24) is 0 Å². The van der Waals surface area contributed by atoms with Crippen LogP contribution in [0.3, 0.4) is 0 Å². The van der Waals surface area contributed by atoms with Crippen molar-refractivity contribution in [2.45, 2.75) is 84.6 Å². The predicted molar refractivity (Wildman–Crippen MR) is 94.2 cm³/mol. The number of aryl methyl sites for hydroxylation is 1. The number of carbonyl (C=O) groups is 1. The van der Waals surface area contributed by atoms with Crippen molar-refractivity contribution in [3.05, 3.63) is 30.1 Å². The Kier molecular flexibility index (Phi) is 11.2. The molecule has 3 nitrogen and oxygen atoms in total. The second kappa shape index (κ2) is 13.1. The molecule has 0 saturated heterocycles. The van der Waals surface area contributed by atoms with E-state index in [9.17, 15) is 4.79 Å². The predicted octanol–water partition coefficient (Wildman–Crippen LogP) is 4.75. The first-order valence-electron chi connectivity index (χ1n) is 9.33. The molecule has 0 aliphatic carbocycles. The average molecular weight is 320 g/mol. The van der Waals surface area contributed by atoms with Crippen LogP contribution < -0.4 is 4.57 Å². The first-order valence-corrected chi connectivity index (χ1v) is 9.33. The summed E-state index contributed by atoms with van der Waals surface area (Å²) in [7, 11) is 0. The minimum absolute atomic E-state index is 0.0549. The van der Waals surface area contributed by atoms with Gasteiger partial charge in [-0.3, -0.25) is 4.79 Å². The van der Waals surface area contributed by atoms with Crippen molar-refractivity contribution in [2.24, 2.45) is 0 Å². The van der Waals surface area contributed by atoms with E-state index in [2.05, 4.69) is 26.0 Å². The molecule has 1 aromatic rings. The lowest BCUT2D eigenvalue weighted by Crippen LogP contribution is -2.35. The standard InChI is InChI=1S/C20H34NO2/c1-3-4-5-6-7-8-9-10-11-12-20(22)23-18-17-21-15-13-19(2)14-16-21/h13-16H,3-12,17-18H2,1-2H3/q+1. The summed E-state index contributed by atoms with van der Waals surface area (Å²) < 4.78 is 7.33. The topological polar surface area (TPSA) is 30.2 Å². The van der Waals surface area contributed by atoms with Gasteiger partial charge in [-0.15, -0.1) is 0 Å². The Balaban J connectivity index is 1.91. The Hall–Kier alpha value is -1.38. The number of esters is 1. The zero-order valence-corrected chi connectivity index (χ0v) is 15.1. The van der Waals surface area contributed by atoms with Crippen molar-refractivity contribution >= 4 is 5.97 Å². The molecule has 3 heteroatoms. The molecule has 0 fully saturated rings. The highest BCUT2D eigenvalue weighted by Gasteiger charge is 2.05. The number of aromatic nitrogens is 1. The Morgan fingerprint density at radius 3 is 2.13 bits per heavy atom. The molecule has 130 valence electrons. The molecular weight excluding hydrogens is 286 g/mol. The van der Waals surface area contributed by atoms with Crippen molar-refractivity contribution in [2.75, 3.05) is 6.61 Å². The lowest BCUT2D eigenvalue weighted by Gasteiger charge is -2.04. The smallest absolute Gasteiger partial charge is 0.306 e. The van der Waals surface area contributed by atoms with Crippen LogP contribution in [-0.2, 0) is 16.1 Å². The van der Waals surface area contributed by atoms with Gasteiger partial charge in [0, 0.05) is 18.6 Å². The second-order valence-corrected chi connectivity index (χ2v) is 6.41. The fourth-order valence-electron chi connectivity index (χ4n) is 2.60. The minimum atomic E-state index is -0.0549. The maximum atomic E-state index is 11.7. The van der Waals surface area contributed by atoms with E-state index in [0.717, 1.165) is 19.4 Å². The molecular formula is C20H34NO2+. The van der Waals surface area contributed by atoms with Gasteiger partial charge in [-0.25, -0.2) is 4.57 Å². The maximum absolute atomic E-state index is 11.7. The van der Waals surface area contributed by atoms with Gasteiger partial charge < -0.3 is 4.74 Å². The van der Waals surface area contributed by atoms with E-state index in [4.69, 9.17) is 4.74 Å². The van der Waals surface area contributed by atoms with Gasteiger partial charge in [0.2, 0.25) is 0 Å². The minimum Gasteiger partial charge on any atom is -0.459 e. The second-order valence-electron chi connectivity index (χ2n) is 6.41. The number of hydrogen-bond acceptors (Lipinski definition) is 2. The number of unbranched alkanes of at least 4 members (excludes halogenated alkanes) is 8. The van der Waals surface area contributed by atoms with Crippen LogP contribution in [0.1, 0.15) is 76.7 Å². The molecule has 23 heavy (non-hydrogen) atoms. The summed E-state index contributed by atoms with van der Waals surface area (Å²) in [6, 6.07) is 4.12. The molecule has 0 radical (unpaired) electrons. The number of ether oxygens (including phenoxy) is 1. The summed E-state index contributed by atoms with van der Waals surface area (Å²) in [5.74, 6) is -0.0549. The van der Waals surface area contributed by atoms with Gasteiger partial charge in [0.15, 0.2) is 25.5 Å². The van der Waals surface area contributed by atoms with Gasteiger partial charge in [0.05, 0.1) is 0 Å². The molecule has 0 amide bonds. The third-order valence-corrected chi connectivity index (χ3v) is 4.15. The third kappa shape index (κ3) is 10.9. The fraction of sp³-hybridized carbons (Fsp3) is 0.700. The van der Waals surface area contributed by atoms with Crippen LogP contribution in [0.15, 0.2) is 24.5 Å². The van der Waals surface area contributed by atoms with Crippen LogP contribution in [-0.4, -0.2) is 12.6 Å². The highest BCUT2D eigenvalue weighted by atomic mass is 16.5. The Labute approximate surface area is 142 Å². The normalized spacial score (nSPS) is 10.7. The largest absolute Gasteiger partial charge is 0.459 e. The number of pyridine rings is 1. The van der Waals surface area contributed by atoms with Crippen LogP contribution in [0.25, 0.3) is 0 Å². The molecule has 1 aromatic heterocycles. The van der Waals surface area contributed by atoms with E-state index < -0.39 is 0 Å². The first-order chi connectivity index (χ1) is 11.2. The number of hydrogen-bond donors (Lipinski definition) is 0. The Morgan fingerprint density at radius 2 is 1.52 bits per heavy atom. The van der Waals surface area contributed by atoms with Crippen molar-refractivity contribution in [3.63, 3.8) is 0 Å². The van der Waals surface area contributed by atoms with Gasteiger partial charge in [-0.1, -0.05) is 58.3 Å². The highest BCUT2D eigenvalue weighted by molar-refractivity contribution is 5.69. The third-order valence-electron chi connectivity index (χ3n) is 4.15. The van der Waals surface area contributed by atoms with E-state index >= 15 is 0 Å². The molecule has 0 aliphatic heterocycles. The zero-order valence-electron chi connectivity index (χ0n) is 15.1. The van der Waals surface area contributed by atoms with Crippen molar-refractivity contribution < 1.29 is 14.1 Å². The molecule has 0 N–H and O–H groups in total. The van der Waals surface area contributed by atoms with E-state index in [-0.39, 0.29) is 5.97 Å². The Bertz CT molecular complexity index is 414. The van der Waals surface area contributed by atoms with Crippen LogP contribution in [0, 0.1) is 6.92 Å². The molecule has 0 aliphatic rings.